The number of rotatable bonds is 2. The molecule has 0 saturated carbocycles. The lowest BCUT2D eigenvalue weighted by atomic mass is 10.1. The number of anilines is 1. The van der Waals surface area contributed by atoms with E-state index in [0.717, 1.165) is 11.3 Å². The minimum absolute atomic E-state index is 0.136. The first kappa shape index (κ1) is 16.5. The van der Waals surface area contributed by atoms with E-state index in [-0.39, 0.29) is 5.56 Å². The number of methoxy groups -OCH3 is 1. The molecule has 0 atom stereocenters. The molecule has 2 aromatic carbocycles. The summed E-state index contributed by atoms with van der Waals surface area (Å²) in [4.78, 5) is 25.9. The summed E-state index contributed by atoms with van der Waals surface area (Å²) >= 11 is 6.07. The van der Waals surface area contributed by atoms with Crippen LogP contribution in [-0.4, -0.2) is 19.8 Å². The topological polar surface area (TPSA) is 69.0 Å². The van der Waals surface area contributed by atoms with Crippen molar-refractivity contribution >= 4 is 34.2 Å². The predicted molar refractivity (Wildman–Crippen MR) is 97.0 cm³/mol. The fraction of sp³-hybridized carbons (Fsp3) is 0.158. The van der Waals surface area contributed by atoms with E-state index in [2.05, 4.69) is 4.74 Å². The lowest BCUT2D eigenvalue weighted by Gasteiger charge is -2.31. The van der Waals surface area contributed by atoms with E-state index in [1.165, 1.54) is 13.2 Å². The number of hydrogen-bond acceptors (Lipinski definition) is 6. The van der Waals surface area contributed by atoms with Gasteiger partial charge in [-0.05, 0) is 36.4 Å². The van der Waals surface area contributed by atoms with Gasteiger partial charge in [0, 0.05) is 16.1 Å². The normalized spacial score (nSPS) is 13.2. The van der Waals surface area contributed by atoms with Crippen molar-refractivity contribution in [2.75, 3.05) is 18.7 Å². The van der Waals surface area contributed by atoms with E-state index < -0.39 is 11.6 Å². The summed E-state index contributed by atoms with van der Waals surface area (Å²) in [5.41, 5.74) is 1.16. The highest BCUT2D eigenvalue weighted by molar-refractivity contribution is 6.30. The summed E-state index contributed by atoms with van der Waals surface area (Å²) in [7, 11) is 1.22. The molecule has 0 aliphatic carbocycles. The molecule has 7 heteroatoms. The van der Waals surface area contributed by atoms with Crippen LogP contribution in [0, 0.1) is 0 Å². The third-order valence-corrected chi connectivity index (χ3v) is 4.50. The lowest BCUT2D eigenvalue weighted by Crippen LogP contribution is -2.32. The minimum atomic E-state index is -0.738. The van der Waals surface area contributed by atoms with Crippen LogP contribution in [-0.2, 0) is 11.3 Å². The maximum absolute atomic E-state index is 12.2. The first-order valence-electron chi connectivity index (χ1n) is 7.88. The number of fused-ring (bicyclic) bond motifs is 3. The zero-order valence-corrected chi connectivity index (χ0v) is 14.6. The zero-order chi connectivity index (χ0) is 18.3. The van der Waals surface area contributed by atoms with Crippen molar-refractivity contribution in [3.63, 3.8) is 0 Å². The molecule has 0 fully saturated rings. The SMILES string of the molecule is COC(=O)c1cc2ccc3c(c2oc1=O)CN(c1cccc(Cl)c1)CO3. The Morgan fingerprint density at radius 1 is 1.23 bits per heavy atom. The van der Waals surface area contributed by atoms with Crippen LogP contribution in [0.25, 0.3) is 11.0 Å². The molecular formula is C19H14ClNO5. The molecule has 0 saturated heterocycles. The van der Waals surface area contributed by atoms with Gasteiger partial charge in [0.15, 0.2) is 6.73 Å². The highest BCUT2D eigenvalue weighted by Crippen LogP contribution is 2.34. The van der Waals surface area contributed by atoms with Crippen molar-refractivity contribution < 1.29 is 18.7 Å². The Hall–Kier alpha value is -2.99. The van der Waals surface area contributed by atoms with E-state index in [9.17, 15) is 9.59 Å². The summed E-state index contributed by atoms with van der Waals surface area (Å²) in [6.07, 6.45) is 0. The standard InChI is InChI=1S/C19H14ClNO5/c1-24-18(22)14-7-11-5-6-16-15(17(11)26-19(14)23)9-21(10-25-16)13-4-2-3-12(20)8-13/h2-8H,9-10H2,1H3. The number of nitrogens with zero attached hydrogens (tertiary/aromatic N) is 1. The number of esters is 1. The number of hydrogen-bond donors (Lipinski definition) is 0. The predicted octanol–water partition coefficient (Wildman–Crippen LogP) is 3.59. The fourth-order valence-corrected chi connectivity index (χ4v) is 3.17. The van der Waals surface area contributed by atoms with E-state index in [1.807, 2.05) is 23.1 Å². The molecule has 1 aliphatic heterocycles. The van der Waals surface area contributed by atoms with Gasteiger partial charge in [0.2, 0.25) is 0 Å². The molecule has 0 spiro atoms. The Labute approximate surface area is 153 Å². The summed E-state index contributed by atoms with van der Waals surface area (Å²) in [6.45, 7) is 0.830. The van der Waals surface area contributed by atoms with Gasteiger partial charge in [-0.3, -0.25) is 0 Å². The van der Waals surface area contributed by atoms with Crippen LogP contribution in [0.1, 0.15) is 15.9 Å². The van der Waals surface area contributed by atoms with Crippen molar-refractivity contribution in [3.05, 3.63) is 69.0 Å². The molecule has 132 valence electrons. The van der Waals surface area contributed by atoms with Gasteiger partial charge in [0.05, 0.1) is 19.2 Å². The van der Waals surface area contributed by atoms with E-state index in [1.54, 1.807) is 18.2 Å². The van der Waals surface area contributed by atoms with Crippen molar-refractivity contribution in [1.82, 2.24) is 0 Å². The Morgan fingerprint density at radius 2 is 2.08 bits per heavy atom. The molecule has 0 radical (unpaired) electrons. The quantitative estimate of drug-likeness (QED) is 0.506. The molecule has 26 heavy (non-hydrogen) atoms. The summed E-state index contributed by atoms with van der Waals surface area (Å²) < 4.78 is 15.9. The number of carbonyl (C=O) groups excluding carboxylic acids is 1. The number of halogens is 1. The molecule has 0 N–H and O–H groups in total. The Kier molecular flexibility index (Phi) is 4.05. The second kappa shape index (κ2) is 6.38. The summed E-state index contributed by atoms with van der Waals surface area (Å²) in [5.74, 6) is -0.0834. The van der Waals surface area contributed by atoms with E-state index in [4.69, 9.17) is 20.8 Å². The Bertz CT molecular complexity index is 1080. The Morgan fingerprint density at radius 3 is 2.85 bits per heavy atom. The molecule has 4 rings (SSSR count). The van der Waals surface area contributed by atoms with Crippen molar-refractivity contribution in [3.8, 4) is 5.75 Å². The fourth-order valence-electron chi connectivity index (χ4n) is 2.98. The van der Waals surface area contributed by atoms with E-state index >= 15 is 0 Å². The van der Waals surface area contributed by atoms with Gasteiger partial charge in [0.25, 0.3) is 0 Å². The second-order valence-corrected chi connectivity index (χ2v) is 6.29. The molecule has 0 unspecified atom stereocenters. The molecule has 6 nitrogen and oxygen atoms in total. The molecular weight excluding hydrogens is 358 g/mol. The van der Waals surface area contributed by atoms with Crippen LogP contribution >= 0.6 is 11.6 Å². The zero-order valence-electron chi connectivity index (χ0n) is 13.8. The van der Waals surface area contributed by atoms with Gasteiger partial charge in [-0.2, -0.15) is 0 Å². The van der Waals surface area contributed by atoms with Crippen molar-refractivity contribution in [2.24, 2.45) is 0 Å². The summed E-state index contributed by atoms with van der Waals surface area (Å²) in [6, 6.07) is 12.5. The molecule has 3 aromatic rings. The van der Waals surface area contributed by atoms with Crippen LogP contribution < -0.4 is 15.3 Å². The van der Waals surface area contributed by atoms with Gasteiger partial charge in [-0.25, -0.2) is 9.59 Å². The van der Waals surface area contributed by atoms with Crippen LogP contribution in [0.3, 0.4) is 0 Å². The Balaban J connectivity index is 1.81. The number of benzene rings is 2. The number of carbonyl (C=O) groups is 1. The van der Waals surface area contributed by atoms with Gasteiger partial charge in [-0.1, -0.05) is 17.7 Å². The van der Waals surface area contributed by atoms with Crippen LogP contribution in [0.2, 0.25) is 5.02 Å². The van der Waals surface area contributed by atoms with Crippen molar-refractivity contribution in [2.45, 2.75) is 6.54 Å². The van der Waals surface area contributed by atoms with Gasteiger partial charge < -0.3 is 18.8 Å². The van der Waals surface area contributed by atoms with Gasteiger partial charge in [0.1, 0.15) is 16.9 Å². The van der Waals surface area contributed by atoms with Crippen LogP contribution in [0.4, 0.5) is 5.69 Å². The molecule has 1 aromatic heterocycles. The first-order valence-corrected chi connectivity index (χ1v) is 8.26. The maximum Gasteiger partial charge on any atom is 0.351 e. The van der Waals surface area contributed by atoms with E-state index in [0.29, 0.717) is 35.0 Å². The third-order valence-electron chi connectivity index (χ3n) is 4.27. The minimum Gasteiger partial charge on any atom is -0.473 e. The van der Waals surface area contributed by atoms with Crippen LogP contribution in [0.15, 0.2) is 51.7 Å². The van der Waals surface area contributed by atoms with Gasteiger partial charge in [-0.15, -0.1) is 0 Å². The average Bonchev–Trinajstić information content (AvgIpc) is 2.66. The molecule has 0 bridgehead atoms. The third kappa shape index (κ3) is 2.78. The lowest BCUT2D eigenvalue weighted by molar-refractivity contribution is 0.0596. The monoisotopic (exact) mass is 371 g/mol. The molecule has 0 amide bonds. The second-order valence-electron chi connectivity index (χ2n) is 5.85. The highest BCUT2D eigenvalue weighted by atomic mass is 35.5. The van der Waals surface area contributed by atoms with Crippen molar-refractivity contribution in [1.29, 1.82) is 0 Å². The highest BCUT2D eigenvalue weighted by Gasteiger charge is 2.23. The maximum atomic E-state index is 12.2. The summed E-state index contributed by atoms with van der Waals surface area (Å²) in [5, 5.41) is 1.25. The average molecular weight is 372 g/mol. The largest absolute Gasteiger partial charge is 0.473 e. The van der Waals surface area contributed by atoms with Gasteiger partial charge >= 0.3 is 11.6 Å². The van der Waals surface area contributed by atoms with Crippen LogP contribution in [0.5, 0.6) is 5.75 Å². The molecule has 2 heterocycles. The smallest absolute Gasteiger partial charge is 0.351 e. The number of ether oxygens (including phenoxy) is 2. The first-order chi connectivity index (χ1) is 12.6. The molecule has 1 aliphatic rings.